The van der Waals surface area contributed by atoms with Crippen LogP contribution in [0, 0.1) is 5.82 Å². The van der Waals surface area contributed by atoms with Crippen LogP contribution in [0.25, 0.3) is 55.7 Å². The summed E-state index contributed by atoms with van der Waals surface area (Å²) in [6, 6.07) is 12.9. The number of amides is 1. The van der Waals surface area contributed by atoms with E-state index in [1.165, 1.54) is 12.1 Å². The molecule has 0 aliphatic carbocycles. The van der Waals surface area contributed by atoms with E-state index in [4.69, 9.17) is 4.98 Å². The number of imidazole rings is 1. The van der Waals surface area contributed by atoms with E-state index in [1.807, 2.05) is 44.2 Å². The number of carbonyl (C=O) groups excluding carboxylic acids is 1. The Bertz CT molecular complexity index is 1880. The van der Waals surface area contributed by atoms with Gasteiger partial charge in [-0.05, 0) is 66.1 Å². The lowest BCUT2D eigenvalue weighted by Crippen LogP contribution is -2.11. The number of nitrogens with zero attached hydrogens (tertiary/aromatic N) is 4. The first-order chi connectivity index (χ1) is 20.0. The van der Waals surface area contributed by atoms with Gasteiger partial charge in [0.2, 0.25) is 5.91 Å². The summed E-state index contributed by atoms with van der Waals surface area (Å²) in [5.74, 6) is 0.225. The second-order valence-electron chi connectivity index (χ2n) is 9.89. The van der Waals surface area contributed by atoms with E-state index in [-0.39, 0.29) is 11.7 Å². The first kappa shape index (κ1) is 26.3. The zero-order valence-corrected chi connectivity index (χ0v) is 22.8. The lowest BCUT2D eigenvalue weighted by molar-refractivity contribution is -0.116. The zero-order valence-electron chi connectivity index (χ0n) is 22.8. The standard InChI is InChI=1S/C31H29FN8O/c1-3-5-28(41)36-23-11-21(14-34-15-23)19-6-7-26-24(12-19)30(40-39-26)31-37-27-17-35-16-25(29(27)38-31)20-8-18(13-33-4-2)9-22(32)10-20/h6-12,14-17,33H,3-5,13H2,1-2H3,(H,36,41)(H,37,38)(H,39,40). The van der Waals surface area contributed by atoms with Crippen molar-refractivity contribution < 1.29 is 9.18 Å². The largest absolute Gasteiger partial charge is 0.335 e. The summed E-state index contributed by atoms with van der Waals surface area (Å²) < 4.78 is 14.5. The highest BCUT2D eigenvalue weighted by molar-refractivity contribution is 5.98. The molecule has 9 nitrogen and oxygen atoms in total. The van der Waals surface area contributed by atoms with Gasteiger partial charge in [0, 0.05) is 41.9 Å². The molecule has 206 valence electrons. The number of nitrogens with one attached hydrogen (secondary N) is 4. The molecular formula is C31H29FN8O. The number of aromatic amines is 2. The van der Waals surface area contributed by atoms with Crippen LogP contribution in [-0.2, 0) is 11.3 Å². The second kappa shape index (κ2) is 11.3. The normalized spacial score (nSPS) is 11.4. The van der Waals surface area contributed by atoms with Crippen molar-refractivity contribution in [2.24, 2.45) is 0 Å². The molecule has 1 amide bonds. The van der Waals surface area contributed by atoms with Crippen molar-refractivity contribution in [3.05, 3.63) is 78.6 Å². The topological polar surface area (TPSA) is 124 Å². The number of hydrogen-bond acceptors (Lipinski definition) is 6. The molecule has 4 N–H and O–H groups in total. The third kappa shape index (κ3) is 5.42. The van der Waals surface area contributed by atoms with Crippen LogP contribution >= 0.6 is 0 Å². The third-order valence-corrected chi connectivity index (χ3v) is 6.86. The maximum absolute atomic E-state index is 14.5. The SMILES string of the molecule is CCCC(=O)Nc1cncc(-c2ccc3[nH]nc(-c4nc5c(-c6cc(F)cc(CNCC)c6)cncc5[nH]4)c3c2)c1. The first-order valence-corrected chi connectivity index (χ1v) is 13.6. The highest BCUT2D eigenvalue weighted by Crippen LogP contribution is 2.33. The van der Waals surface area contributed by atoms with Crippen LogP contribution < -0.4 is 10.6 Å². The van der Waals surface area contributed by atoms with E-state index in [2.05, 4.69) is 35.8 Å². The molecule has 0 fully saturated rings. The fourth-order valence-electron chi connectivity index (χ4n) is 4.92. The second-order valence-corrected chi connectivity index (χ2v) is 9.89. The van der Waals surface area contributed by atoms with E-state index in [0.29, 0.717) is 41.3 Å². The fraction of sp³-hybridized carbons (Fsp3) is 0.194. The predicted molar refractivity (Wildman–Crippen MR) is 159 cm³/mol. The number of aromatic nitrogens is 6. The highest BCUT2D eigenvalue weighted by Gasteiger charge is 2.17. The molecule has 0 aliphatic rings. The Morgan fingerprint density at radius 1 is 0.927 bits per heavy atom. The van der Waals surface area contributed by atoms with E-state index in [9.17, 15) is 9.18 Å². The molecular weight excluding hydrogens is 519 g/mol. The van der Waals surface area contributed by atoms with Gasteiger partial charge in [-0.3, -0.25) is 19.9 Å². The summed E-state index contributed by atoms with van der Waals surface area (Å²) in [4.78, 5) is 29.0. The first-order valence-electron chi connectivity index (χ1n) is 13.6. The summed E-state index contributed by atoms with van der Waals surface area (Å²) in [6.45, 7) is 5.35. The lowest BCUT2D eigenvalue weighted by Gasteiger charge is -2.07. The van der Waals surface area contributed by atoms with Crippen LogP contribution in [0.15, 0.2) is 67.3 Å². The van der Waals surface area contributed by atoms with E-state index < -0.39 is 0 Å². The molecule has 0 aliphatic heterocycles. The van der Waals surface area contributed by atoms with Crippen molar-refractivity contribution in [2.45, 2.75) is 33.2 Å². The summed E-state index contributed by atoms with van der Waals surface area (Å²) in [7, 11) is 0. The quantitative estimate of drug-likeness (QED) is 0.170. The minimum atomic E-state index is -0.308. The Morgan fingerprint density at radius 3 is 2.66 bits per heavy atom. The summed E-state index contributed by atoms with van der Waals surface area (Å²) in [6.07, 6.45) is 8.05. The van der Waals surface area contributed by atoms with Gasteiger partial charge in [-0.15, -0.1) is 0 Å². The van der Waals surface area contributed by atoms with Gasteiger partial charge in [-0.1, -0.05) is 19.9 Å². The molecule has 4 aromatic heterocycles. The summed E-state index contributed by atoms with van der Waals surface area (Å²) in [5.41, 5.74) is 7.63. The van der Waals surface area contributed by atoms with Gasteiger partial charge in [0.1, 0.15) is 11.5 Å². The van der Waals surface area contributed by atoms with Crippen molar-refractivity contribution in [1.82, 2.24) is 35.5 Å². The van der Waals surface area contributed by atoms with Crippen molar-refractivity contribution >= 4 is 33.5 Å². The molecule has 0 saturated carbocycles. The molecule has 0 unspecified atom stereocenters. The molecule has 0 spiro atoms. The van der Waals surface area contributed by atoms with Crippen molar-refractivity contribution in [2.75, 3.05) is 11.9 Å². The van der Waals surface area contributed by atoms with Crippen LogP contribution in [0.2, 0.25) is 0 Å². The molecule has 6 aromatic rings. The number of hydrogen-bond donors (Lipinski definition) is 4. The van der Waals surface area contributed by atoms with Crippen LogP contribution in [0.1, 0.15) is 32.3 Å². The van der Waals surface area contributed by atoms with E-state index in [0.717, 1.165) is 51.6 Å². The number of pyridine rings is 2. The van der Waals surface area contributed by atoms with Crippen LogP contribution in [0.4, 0.5) is 10.1 Å². The van der Waals surface area contributed by atoms with Crippen LogP contribution in [-0.4, -0.2) is 42.6 Å². The number of halogens is 1. The summed E-state index contributed by atoms with van der Waals surface area (Å²) in [5, 5.41) is 14.7. The molecule has 0 bridgehead atoms. The van der Waals surface area contributed by atoms with Gasteiger partial charge in [0.25, 0.3) is 0 Å². The number of benzene rings is 2. The number of carbonyl (C=O) groups is 1. The van der Waals surface area contributed by atoms with Gasteiger partial charge in [-0.25, -0.2) is 9.37 Å². The Labute approximate surface area is 235 Å². The van der Waals surface area contributed by atoms with Crippen molar-refractivity contribution in [1.29, 1.82) is 0 Å². The minimum Gasteiger partial charge on any atom is -0.335 e. The summed E-state index contributed by atoms with van der Waals surface area (Å²) >= 11 is 0. The average Bonchev–Trinajstić information content (AvgIpc) is 3.60. The fourth-order valence-corrected chi connectivity index (χ4v) is 4.92. The zero-order chi connectivity index (χ0) is 28.3. The van der Waals surface area contributed by atoms with Gasteiger partial charge in [-0.2, -0.15) is 5.10 Å². The average molecular weight is 549 g/mol. The predicted octanol–water partition coefficient (Wildman–Crippen LogP) is 6.22. The van der Waals surface area contributed by atoms with Gasteiger partial charge < -0.3 is 15.6 Å². The van der Waals surface area contributed by atoms with Gasteiger partial charge in [0.05, 0.1) is 34.6 Å². The molecule has 10 heteroatoms. The Hall–Kier alpha value is -4.96. The van der Waals surface area contributed by atoms with Crippen molar-refractivity contribution in [3.8, 4) is 33.8 Å². The Kier molecular flexibility index (Phi) is 7.22. The Morgan fingerprint density at radius 2 is 1.80 bits per heavy atom. The minimum absolute atomic E-state index is 0.0372. The molecule has 0 atom stereocenters. The lowest BCUT2D eigenvalue weighted by atomic mass is 10.0. The van der Waals surface area contributed by atoms with Gasteiger partial charge >= 0.3 is 0 Å². The van der Waals surface area contributed by atoms with E-state index >= 15 is 0 Å². The Balaban J connectivity index is 1.38. The molecule has 4 heterocycles. The number of H-pyrrole nitrogens is 2. The molecule has 41 heavy (non-hydrogen) atoms. The molecule has 2 aromatic carbocycles. The maximum Gasteiger partial charge on any atom is 0.224 e. The third-order valence-electron chi connectivity index (χ3n) is 6.86. The number of fused-ring (bicyclic) bond motifs is 2. The molecule has 0 radical (unpaired) electrons. The molecule has 0 saturated heterocycles. The monoisotopic (exact) mass is 548 g/mol. The van der Waals surface area contributed by atoms with Gasteiger partial charge in [0.15, 0.2) is 5.82 Å². The smallest absolute Gasteiger partial charge is 0.224 e. The highest BCUT2D eigenvalue weighted by atomic mass is 19.1. The van der Waals surface area contributed by atoms with E-state index in [1.54, 1.807) is 24.8 Å². The van der Waals surface area contributed by atoms with Crippen LogP contribution in [0.5, 0.6) is 0 Å². The molecule has 6 rings (SSSR count). The number of anilines is 1. The maximum atomic E-state index is 14.5. The number of rotatable bonds is 9. The van der Waals surface area contributed by atoms with Crippen LogP contribution in [0.3, 0.4) is 0 Å². The van der Waals surface area contributed by atoms with Crippen molar-refractivity contribution in [3.63, 3.8) is 0 Å².